The summed E-state index contributed by atoms with van der Waals surface area (Å²) >= 11 is 0. The van der Waals surface area contributed by atoms with Gasteiger partial charge < -0.3 is 5.73 Å². The van der Waals surface area contributed by atoms with E-state index >= 15 is 0 Å². The Balaban J connectivity index is 2.57. The Morgan fingerprint density at radius 2 is 1.80 bits per heavy atom. The number of carbonyl (C=O) groups excluding carboxylic acids is 1. The number of benzene rings is 1. The Kier molecular flexibility index (Phi) is 4.50. The quantitative estimate of drug-likeness (QED) is 0.751. The first-order valence-corrected chi connectivity index (χ1v) is 5.44. The molecule has 1 atom stereocenters. The van der Waals surface area contributed by atoms with Crippen molar-refractivity contribution in [2.45, 2.75) is 32.7 Å². The summed E-state index contributed by atoms with van der Waals surface area (Å²) in [7, 11) is 0. The molecule has 0 aromatic heterocycles. The Morgan fingerprint density at radius 1 is 1.20 bits per heavy atom. The van der Waals surface area contributed by atoms with E-state index in [4.69, 9.17) is 5.73 Å². The SMILES string of the molecule is CC(C)CCC(N)c1ccc(C=O)cc1. The smallest absolute Gasteiger partial charge is 0.150 e. The van der Waals surface area contributed by atoms with Crippen molar-refractivity contribution in [1.82, 2.24) is 0 Å². The first-order valence-electron chi connectivity index (χ1n) is 5.44. The van der Waals surface area contributed by atoms with Gasteiger partial charge in [0.1, 0.15) is 6.29 Å². The van der Waals surface area contributed by atoms with E-state index in [1.165, 1.54) is 0 Å². The molecule has 0 heterocycles. The monoisotopic (exact) mass is 205 g/mol. The Morgan fingerprint density at radius 3 is 2.27 bits per heavy atom. The molecule has 2 heteroatoms. The second kappa shape index (κ2) is 5.66. The van der Waals surface area contributed by atoms with Crippen LogP contribution in [0, 0.1) is 5.92 Å². The van der Waals surface area contributed by atoms with E-state index in [1.807, 2.05) is 24.3 Å². The highest BCUT2D eigenvalue weighted by molar-refractivity contribution is 5.74. The maximum atomic E-state index is 10.5. The molecule has 0 aliphatic heterocycles. The van der Waals surface area contributed by atoms with Crippen LogP contribution in [0.2, 0.25) is 0 Å². The highest BCUT2D eigenvalue weighted by Gasteiger charge is 2.06. The molecule has 2 N–H and O–H groups in total. The molecule has 15 heavy (non-hydrogen) atoms. The normalized spacial score (nSPS) is 12.8. The van der Waals surface area contributed by atoms with Gasteiger partial charge in [0.15, 0.2) is 0 Å². The average Bonchev–Trinajstić information content (AvgIpc) is 2.26. The maximum Gasteiger partial charge on any atom is 0.150 e. The third kappa shape index (κ3) is 3.84. The lowest BCUT2D eigenvalue weighted by Crippen LogP contribution is -2.11. The third-order valence-corrected chi connectivity index (χ3v) is 2.56. The molecule has 0 radical (unpaired) electrons. The van der Waals surface area contributed by atoms with Crippen molar-refractivity contribution in [2.75, 3.05) is 0 Å². The molecule has 0 aliphatic rings. The highest BCUT2D eigenvalue weighted by Crippen LogP contribution is 2.18. The van der Waals surface area contributed by atoms with Crippen LogP contribution in [-0.2, 0) is 0 Å². The molecule has 1 aromatic carbocycles. The van der Waals surface area contributed by atoms with Gasteiger partial charge in [0, 0.05) is 11.6 Å². The van der Waals surface area contributed by atoms with Crippen molar-refractivity contribution in [3.63, 3.8) is 0 Å². The molecular formula is C13H19NO. The van der Waals surface area contributed by atoms with Crippen LogP contribution in [0.4, 0.5) is 0 Å². The first-order chi connectivity index (χ1) is 7.13. The number of nitrogens with two attached hydrogens (primary N) is 1. The molecule has 1 unspecified atom stereocenters. The summed E-state index contributed by atoms with van der Waals surface area (Å²) in [4.78, 5) is 10.5. The van der Waals surface area contributed by atoms with Gasteiger partial charge in [-0.05, 0) is 24.3 Å². The molecule has 1 aromatic rings. The summed E-state index contributed by atoms with van der Waals surface area (Å²) in [5.74, 6) is 0.685. The van der Waals surface area contributed by atoms with Crippen LogP contribution in [0.5, 0.6) is 0 Å². The molecule has 82 valence electrons. The van der Waals surface area contributed by atoms with E-state index in [2.05, 4.69) is 13.8 Å². The summed E-state index contributed by atoms with van der Waals surface area (Å²) < 4.78 is 0. The lowest BCUT2D eigenvalue weighted by molar-refractivity contribution is 0.112. The third-order valence-electron chi connectivity index (χ3n) is 2.56. The lowest BCUT2D eigenvalue weighted by atomic mass is 9.98. The van der Waals surface area contributed by atoms with Gasteiger partial charge in [-0.1, -0.05) is 38.1 Å². The predicted molar refractivity (Wildman–Crippen MR) is 62.8 cm³/mol. The summed E-state index contributed by atoms with van der Waals surface area (Å²) in [6.07, 6.45) is 2.98. The molecule has 2 nitrogen and oxygen atoms in total. The van der Waals surface area contributed by atoms with Crippen molar-refractivity contribution >= 4 is 6.29 Å². The number of aldehydes is 1. The Hall–Kier alpha value is -1.15. The fraction of sp³-hybridized carbons (Fsp3) is 0.462. The van der Waals surface area contributed by atoms with Gasteiger partial charge in [-0.2, -0.15) is 0 Å². The van der Waals surface area contributed by atoms with Crippen LogP contribution in [0.25, 0.3) is 0 Å². The molecule has 0 bridgehead atoms. The number of hydrogen-bond donors (Lipinski definition) is 1. The predicted octanol–water partition coefficient (Wildman–Crippen LogP) is 2.94. The minimum atomic E-state index is 0.0908. The van der Waals surface area contributed by atoms with Gasteiger partial charge in [0.2, 0.25) is 0 Å². The van der Waals surface area contributed by atoms with Gasteiger partial charge in [-0.25, -0.2) is 0 Å². The van der Waals surface area contributed by atoms with E-state index in [0.29, 0.717) is 11.5 Å². The number of hydrogen-bond acceptors (Lipinski definition) is 2. The van der Waals surface area contributed by atoms with Crippen molar-refractivity contribution in [3.05, 3.63) is 35.4 Å². The number of carbonyl (C=O) groups is 1. The lowest BCUT2D eigenvalue weighted by Gasteiger charge is -2.13. The van der Waals surface area contributed by atoms with Crippen LogP contribution >= 0.6 is 0 Å². The second-order valence-corrected chi connectivity index (χ2v) is 4.36. The van der Waals surface area contributed by atoms with Gasteiger partial charge in [-0.15, -0.1) is 0 Å². The minimum Gasteiger partial charge on any atom is -0.324 e. The zero-order valence-corrected chi connectivity index (χ0v) is 9.44. The van der Waals surface area contributed by atoms with Crippen LogP contribution in [0.15, 0.2) is 24.3 Å². The van der Waals surface area contributed by atoms with E-state index in [-0.39, 0.29) is 6.04 Å². The summed E-state index contributed by atoms with van der Waals surface area (Å²) in [5.41, 5.74) is 7.86. The zero-order valence-electron chi connectivity index (χ0n) is 9.44. The van der Waals surface area contributed by atoms with Gasteiger partial charge >= 0.3 is 0 Å². The summed E-state index contributed by atoms with van der Waals surface area (Å²) in [6.45, 7) is 4.39. The Bertz CT molecular complexity index is 303. The topological polar surface area (TPSA) is 43.1 Å². The molecule has 0 fully saturated rings. The van der Waals surface area contributed by atoms with Gasteiger partial charge in [0.05, 0.1) is 0 Å². The molecule has 0 amide bonds. The molecular weight excluding hydrogens is 186 g/mol. The highest BCUT2D eigenvalue weighted by atomic mass is 16.1. The zero-order chi connectivity index (χ0) is 11.3. The van der Waals surface area contributed by atoms with Gasteiger partial charge in [0.25, 0.3) is 0 Å². The van der Waals surface area contributed by atoms with E-state index in [1.54, 1.807) is 0 Å². The fourth-order valence-electron chi connectivity index (χ4n) is 1.50. The van der Waals surface area contributed by atoms with E-state index in [9.17, 15) is 4.79 Å². The molecule has 0 aliphatic carbocycles. The van der Waals surface area contributed by atoms with Crippen molar-refractivity contribution in [3.8, 4) is 0 Å². The maximum absolute atomic E-state index is 10.5. The second-order valence-electron chi connectivity index (χ2n) is 4.36. The van der Waals surface area contributed by atoms with E-state index < -0.39 is 0 Å². The fourth-order valence-corrected chi connectivity index (χ4v) is 1.50. The van der Waals surface area contributed by atoms with E-state index in [0.717, 1.165) is 24.7 Å². The molecule has 0 spiro atoms. The van der Waals surface area contributed by atoms with Crippen molar-refractivity contribution < 1.29 is 4.79 Å². The van der Waals surface area contributed by atoms with Crippen molar-refractivity contribution in [1.29, 1.82) is 0 Å². The molecule has 1 rings (SSSR count). The van der Waals surface area contributed by atoms with Crippen LogP contribution < -0.4 is 5.73 Å². The first kappa shape index (κ1) is 11.9. The average molecular weight is 205 g/mol. The van der Waals surface area contributed by atoms with Crippen LogP contribution in [-0.4, -0.2) is 6.29 Å². The molecule has 0 saturated heterocycles. The largest absolute Gasteiger partial charge is 0.324 e. The molecule has 0 saturated carbocycles. The Labute approximate surface area is 91.5 Å². The van der Waals surface area contributed by atoms with Gasteiger partial charge in [-0.3, -0.25) is 4.79 Å². The standard InChI is InChI=1S/C13H19NO/c1-10(2)3-8-13(14)12-6-4-11(9-15)5-7-12/h4-7,9-10,13H,3,8,14H2,1-2H3. The van der Waals surface area contributed by atoms with Crippen LogP contribution in [0.3, 0.4) is 0 Å². The van der Waals surface area contributed by atoms with Crippen LogP contribution in [0.1, 0.15) is 48.7 Å². The summed E-state index contributed by atoms with van der Waals surface area (Å²) in [5, 5.41) is 0. The minimum absolute atomic E-state index is 0.0908. The summed E-state index contributed by atoms with van der Waals surface area (Å²) in [6, 6.07) is 7.60. The number of rotatable bonds is 5. The van der Waals surface area contributed by atoms with Crippen molar-refractivity contribution in [2.24, 2.45) is 11.7 Å².